The van der Waals surface area contributed by atoms with Gasteiger partial charge in [0.15, 0.2) is 0 Å². The van der Waals surface area contributed by atoms with Gasteiger partial charge in [-0.3, -0.25) is 0 Å². The predicted octanol–water partition coefficient (Wildman–Crippen LogP) is 2.38. The summed E-state index contributed by atoms with van der Waals surface area (Å²) >= 11 is 0. The molecule has 2 N–H and O–H groups in total. The highest BCUT2D eigenvalue weighted by molar-refractivity contribution is 5.82. The Bertz CT molecular complexity index is 496. The summed E-state index contributed by atoms with van der Waals surface area (Å²) in [5.41, 5.74) is -0.195. The van der Waals surface area contributed by atoms with Crippen molar-refractivity contribution in [1.29, 1.82) is 0 Å². The number of nitrogens with zero attached hydrogens (tertiary/aromatic N) is 2. The van der Waals surface area contributed by atoms with Crippen LogP contribution in [0.4, 0.5) is 5.95 Å². The zero-order chi connectivity index (χ0) is 14.8. The zero-order valence-electron chi connectivity index (χ0n) is 12.1. The normalized spacial score (nSPS) is 17.2. The number of aryl methyl sites for hydroxylation is 1. The molecule has 6 nitrogen and oxygen atoms in total. The van der Waals surface area contributed by atoms with Crippen molar-refractivity contribution in [3.05, 3.63) is 11.8 Å². The minimum absolute atomic E-state index is 0.0112. The number of hydrogen-bond donors (Lipinski definition) is 2. The third kappa shape index (κ3) is 3.18. The second-order valence-corrected chi connectivity index (χ2v) is 5.56. The van der Waals surface area contributed by atoms with Crippen molar-refractivity contribution in [3.8, 4) is 5.88 Å². The summed E-state index contributed by atoms with van der Waals surface area (Å²) in [7, 11) is 0. The number of ether oxygens (including phenoxy) is 1. The molecule has 0 radical (unpaired) electrons. The number of nitrogens with one attached hydrogen (secondary N) is 1. The van der Waals surface area contributed by atoms with Crippen LogP contribution in [-0.2, 0) is 4.79 Å². The molecule has 1 heterocycles. The maximum Gasteiger partial charge on any atom is 0.329 e. The van der Waals surface area contributed by atoms with Crippen LogP contribution >= 0.6 is 0 Å². The lowest BCUT2D eigenvalue weighted by Crippen LogP contribution is -2.44. The Hall–Kier alpha value is -1.85. The molecule has 0 bridgehead atoms. The van der Waals surface area contributed by atoms with Crippen molar-refractivity contribution in [2.45, 2.75) is 58.1 Å². The Morgan fingerprint density at radius 3 is 2.60 bits per heavy atom. The summed E-state index contributed by atoms with van der Waals surface area (Å²) in [6.45, 7) is 5.67. The van der Waals surface area contributed by atoms with Gasteiger partial charge in [0.25, 0.3) is 0 Å². The average molecular weight is 279 g/mol. The Balaban J connectivity index is 2.24. The van der Waals surface area contributed by atoms with E-state index in [-0.39, 0.29) is 6.10 Å². The van der Waals surface area contributed by atoms with E-state index in [2.05, 4.69) is 15.3 Å². The number of anilines is 1. The molecular formula is C14H21N3O3. The van der Waals surface area contributed by atoms with Crippen LogP contribution in [0.2, 0.25) is 0 Å². The molecule has 1 aliphatic carbocycles. The van der Waals surface area contributed by atoms with Crippen LogP contribution in [0, 0.1) is 6.92 Å². The molecule has 0 saturated heterocycles. The average Bonchev–Trinajstić information content (AvgIpc) is 2.76. The lowest BCUT2D eigenvalue weighted by molar-refractivity contribution is -0.142. The highest BCUT2D eigenvalue weighted by Gasteiger charge is 2.42. The monoisotopic (exact) mass is 279 g/mol. The maximum atomic E-state index is 11.5. The van der Waals surface area contributed by atoms with Crippen LogP contribution < -0.4 is 10.1 Å². The second-order valence-electron chi connectivity index (χ2n) is 5.56. The first-order chi connectivity index (χ1) is 9.41. The zero-order valence-corrected chi connectivity index (χ0v) is 12.1. The molecule has 20 heavy (non-hydrogen) atoms. The summed E-state index contributed by atoms with van der Waals surface area (Å²) in [6.07, 6.45) is 3.01. The highest BCUT2D eigenvalue weighted by atomic mass is 16.5. The van der Waals surface area contributed by atoms with E-state index in [1.165, 1.54) is 0 Å². The highest BCUT2D eigenvalue weighted by Crippen LogP contribution is 2.33. The molecule has 1 saturated carbocycles. The molecule has 0 atom stereocenters. The minimum atomic E-state index is -0.942. The maximum absolute atomic E-state index is 11.5. The molecule has 2 rings (SSSR count). The standard InChI is InChI=1S/C14H21N3O3/c1-9(2)20-11-8-10(3)15-13(16-11)17-14(12(18)19)6-4-5-7-14/h8-9H,4-7H2,1-3H3,(H,18,19)(H,15,16,17). The Labute approximate surface area is 118 Å². The lowest BCUT2D eigenvalue weighted by Gasteiger charge is -2.25. The number of hydrogen-bond acceptors (Lipinski definition) is 5. The van der Waals surface area contributed by atoms with Crippen molar-refractivity contribution in [2.24, 2.45) is 0 Å². The van der Waals surface area contributed by atoms with Gasteiger partial charge in [-0.25, -0.2) is 9.78 Å². The Kier molecular flexibility index (Phi) is 4.11. The fraction of sp³-hybridized carbons (Fsp3) is 0.643. The summed E-state index contributed by atoms with van der Waals surface area (Å²) in [5.74, 6) is -0.0510. The van der Waals surface area contributed by atoms with Crippen molar-refractivity contribution in [3.63, 3.8) is 0 Å². The van der Waals surface area contributed by atoms with E-state index in [9.17, 15) is 9.90 Å². The van der Waals surface area contributed by atoms with Crippen LogP contribution in [0.15, 0.2) is 6.07 Å². The predicted molar refractivity (Wildman–Crippen MR) is 75.0 cm³/mol. The Morgan fingerprint density at radius 2 is 2.05 bits per heavy atom. The smallest absolute Gasteiger partial charge is 0.329 e. The number of aromatic nitrogens is 2. The van der Waals surface area contributed by atoms with Crippen molar-refractivity contribution in [1.82, 2.24) is 9.97 Å². The number of carboxylic acid groups (broad SMARTS) is 1. The lowest BCUT2D eigenvalue weighted by atomic mass is 9.98. The van der Waals surface area contributed by atoms with Gasteiger partial charge in [-0.05, 0) is 33.6 Å². The summed E-state index contributed by atoms with van der Waals surface area (Å²) in [5, 5.41) is 12.5. The second kappa shape index (κ2) is 5.64. The van der Waals surface area contributed by atoms with Gasteiger partial charge in [-0.1, -0.05) is 12.8 Å². The molecule has 1 fully saturated rings. The van der Waals surface area contributed by atoms with E-state index >= 15 is 0 Å². The first-order valence-corrected chi connectivity index (χ1v) is 6.95. The van der Waals surface area contributed by atoms with Gasteiger partial charge in [0, 0.05) is 11.8 Å². The van der Waals surface area contributed by atoms with E-state index < -0.39 is 11.5 Å². The topological polar surface area (TPSA) is 84.3 Å². The van der Waals surface area contributed by atoms with Gasteiger partial charge in [-0.2, -0.15) is 4.98 Å². The summed E-state index contributed by atoms with van der Waals surface area (Å²) in [4.78, 5) is 20.0. The van der Waals surface area contributed by atoms with Crippen molar-refractivity contribution < 1.29 is 14.6 Å². The van der Waals surface area contributed by atoms with E-state index in [4.69, 9.17) is 4.74 Å². The van der Waals surface area contributed by atoms with E-state index in [0.29, 0.717) is 24.7 Å². The van der Waals surface area contributed by atoms with Crippen LogP contribution in [0.25, 0.3) is 0 Å². The molecule has 1 aliphatic rings. The van der Waals surface area contributed by atoms with E-state index in [1.54, 1.807) is 6.07 Å². The quantitative estimate of drug-likeness (QED) is 0.861. The molecule has 0 aliphatic heterocycles. The number of carbonyl (C=O) groups is 1. The molecule has 0 unspecified atom stereocenters. The fourth-order valence-corrected chi connectivity index (χ4v) is 2.48. The minimum Gasteiger partial charge on any atom is -0.480 e. The van der Waals surface area contributed by atoms with Crippen molar-refractivity contribution in [2.75, 3.05) is 5.32 Å². The molecule has 1 aromatic rings. The van der Waals surface area contributed by atoms with E-state index in [0.717, 1.165) is 18.5 Å². The fourth-order valence-electron chi connectivity index (χ4n) is 2.48. The SMILES string of the molecule is Cc1cc(OC(C)C)nc(NC2(C(=O)O)CCCC2)n1. The summed E-state index contributed by atoms with van der Waals surface area (Å²) in [6, 6.07) is 1.74. The molecule has 0 amide bonds. The van der Waals surface area contributed by atoms with Crippen LogP contribution in [-0.4, -0.2) is 32.7 Å². The van der Waals surface area contributed by atoms with Crippen LogP contribution in [0.1, 0.15) is 45.2 Å². The van der Waals surface area contributed by atoms with Gasteiger partial charge in [0.1, 0.15) is 5.54 Å². The molecule has 6 heteroatoms. The van der Waals surface area contributed by atoms with Gasteiger partial charge in [0.2, 0.25) is 11.8 Å². The number of aliphatic carboxylic acids is 1. The largest absolute Gasteiger partial charge is 0.480 e. The molecule has 0 spiro atoms. The summed E-state index contributed by atoms with van der Waals surface area (Å²) < 4.78 is 5.56. The third-order valence-corrected chi connectivity index (χ3v) is 3.40. The van der Waals surface area contributed by atoms with Crippen LogP contribution in [0.3, 0.4) is 0 Å². The van der Waals surface area contributed by atoms with Crippen LogP contribution in [0.5, 0.6) is 5.88 Å². The van der Waals surface area contributed by atoms with Gasteiger partial charge >= 0.3 is 5.97 Å². The molecule has 110 valence electrons. The van der Waals surface area contributed by atoms with E-state index in [1.807, 2.05) is 20.8 Å². The number of rotatable bonds is 5. The molecular weight excluding hydrogens is 258 g/mol. The van der Waals surface area contributed by atoms with Crippen molar-refractivity contribution >= 4 is 11.9 Å². The van der Waals surface area contributed by atoms with Gasteiger partial charge in [0.05, 0.1) is 6.10 Å². The van der Waals surface area contributed by atoms with Gasteiger partial charge in [-0.15, -0.1) is 0 Å². The molecule has 0 aromatic carbocycles. The first kappa shape index (κ1) is 14.6. The molecule has 1 aromatic heterocycles. The first-order valence-electron chi connectivity index (χ1n) is 6.95. The Morgan fingerprint density at radius 1 is 1.40 bits per heavy atom. The third-order valence-electron chi connectivity index (χ3n) is 3.40. The number of carboxylic acids is 1. The van der Waals surface area contributed by atoms with Gasteiger partial charge < -0.3 is 15.2 Å².